The standard InChI is InChI=1S/C17H26N2O/c1-17(11-5-6-12-17)13-19-16(20)15(18)10-9-14-7-3-2-4-8-14/h2-4,7-8,15H,5-6,9-13,18H2,1H3,(H,19,20). The molecule has 0 spiro atoms. The molecule has 1 atom stereocenters. The largest absolute Gasteiger partial charge is 0.354 e. The van der Waals surface area contributed by atoms with Crippen LogP contribution in [0.4, 0.5) is 0 Å². The van der Waals surface area contributed by atoms with Crippen LogP contribution in [-0.2, 0) is 11.2 Å². The number of amides is 1. The third kappa shape index (κ3) is 4.34. The van der Waals surface area contributed by atoms with Gasteiger partial charge in [0.1, 0.15) is 0 Å². The number of carbonyl (C=O) groups is 1. The molecule has 0 radical (unpaired) electrons. The normalized spacial score (nSPS) is 18.7. The van der Waals surface area contributed by atoms with E-state index in [0.29, 0.717) is 6.42 Å². The minimum absolute atomic E-state index is 0.00550. The lowest BCUT2D eigenvalue weighted by Crippen LogP contribution is -2.44. The molecule has 1 aliphatic rings. The molecule has 0 saturated heterocycles. The SMILES string of the molecule is CC1(CNC(=O)C(N)CCc2ccccc2)CCCC1. The lowest BCUT2D eigenvalue weighted by Gasteiger charge is -2.24. The summed E-state index contributed by atoms with van der Waals surface area (Å²) < 4.78 is 0. The van der Waals surface area contributed by atoms with Crippen molar-refractivity contribution in [3.63, 3.8) is 0 Å². The van der Waals surface area contributed by atoms with Crippen LogP contribution in [0.2, 0.25) is 0 Å². The molecule has 1 amide bonds. The minimum Gasteiger partial charge on any atom is -0.354 e. The van der Waals surface area contributed by atoms with Gasteiger partial charge in [-0.05, 0) is 36.7 Å². The number of aryl methyl sites for hydroxylation is 1. The second-order valence-electron chi connectivity index (χ2n) is 6.37. The fourth-order valence-corrected chi connectivity index (χ4v) is 2.93. The van der Waals surface area contributed by atoms with Gasteiger partial charge in [0.2, 0.25) is 5.91 Å². The van der Waals surface area contributed by atoms with Gasteiger partial charge in [-0.1, -0.05) is 50.1 Å². The van der Waals surface area contributed by atoms with Crippen LogP contribution < -0.4 is 11.1 Å². The van der Waals surface area contributed by atoms with E-state index in [0.717, 1.165) is 13.0 Å². The second kappa shape index (κ2) is 6.89. The quantitative estimate of drug-likeness (QED) is 0.838. The Balaban J connectivity index is 1.72. The van der Waals surface area contributed by atoms with Crippen LogP contribution >= 0.6 is 0 Å². The van der Waals surface area contributed by atoms with E-state index in [-0.39, 0.29) is 11.3 Å². The van der Waals surface area contributed by atoms with Crippen LogP contribution in [-0.4, -0.2) is 18.5 Å². The Hall–Kier alpha value is -1.35. The van der Waals surface area contributed by atoms with Crippen molar-refractivity contribution >= 4 is 5.91 Å². The zero-order chi connectivity index (χ0) is 14.4. The molecule has 2 rings (SSSR count). The van der Waals surface area contributed by atoms with Crippen LogP contribution in [0.1, 0.15) is 44.6 Å². The van der Waals surface area contributed by atoms with E-state index in [1.54, 1.807) is 0 Å². The van der Waals surface area contributed by atoms with E-state index >= 15 is 0 Å². The molecule has 0 aromatic heterocycles. The van der Waals surface area contributed by atoms with Crippen molar-refractivity contribution in [2.24, 2.45) is 11.1 Å². The van der Waals surface area contributed by atoms with E-state index in [9.17, 15) is 4.79 Å². The highest BCUT2D eigenvalue weighted by Crippen LogP contribution is 2.36. The van der Waals surface area contributed by atoms with Gasteiger partial charge in [-0.2, -0.15) is 0 Å². The first-order valence-corrected chi connectivity index (χ1v) is 7.66. The summed E-state index contributed by atoms with van der Waals surface area (Å²) in [4.78, 5) is 12.0. The van der Waals surface area contributed by atoms with Crippen LogP contribution in [0.25, 0.3) is 0 Å². The maximum atomic E-state index is 12.0. The van der Waals surface area contributed by atoms with Gasteiger partial charge in [0, 0.05) is 6.54 Å². The van der Waals surface area contributed by atoms with Crippen LogP contribution in [0.15, 0.2) is 30.3 Å². The number of nitrogens with one attached hydrogen (secondary N) is 1. The van der Waals surface area contributed by atoms with Crippen LogP contribution in [0.5, 0.6) is 0 Å². The molecule has 1 fully saturated rings. The summed E-state index contributed by atoms with van der Waals surface area (Å²) in [5.41, 5.74) is 7.50. The summed E-state index contributed by atoms with van der Waals surface area (Å²) in [7, 11) is 0. The van der Waals surface area contributed by atoms with Gasteiger partial charge in [0.05, 0.1) is 6.04 Å². The Morgan fingerprint density at radius 2 is 1.95 bits per heavy atom. The molecule has 1 aromatic rings. The zero-order valence-corrected chi connectivity index (χ0v) is 12.4. The molecule has 0 bridgehead atoms. The summed E-state index contributed by atoms with van der Waals surface area (Å²) in [5, 5.41) is 3.04. The van der Waals surface area contributed by atoms with Gasteiger partial charge in [-0.3, -0.25) is 4.79 Å². The first-order valence-electron chi connectivity index (χ1n) is 7.66. The first kappa shape index (κ1) is 15.0. The number of nitrogens with two attached hydrogens (primary N) is 1. The summed E-state index contributed by atoms with van der Waals surface area (Å²) in [6.45, 7) is 3.03. The number of rotatable bonds is 6. The smallest absolute Gasteiger partial charge is 0.236 e. The van der Waals surface area contributed by atoms with Gasteiger partial charge >= 0.3 is 0 Å². The van der Waals surface area contributed by atoms with Crippen molar-refractivity contribution in [3.8, 4) is 0 Å². The van der Waals surface area contributed by atoms with Crippen molar-refractivity contribution < 1.29 is 4.79 Å². The van der Waals surface area contributed by atoms with Crippen molar-refractivity contribution in [1.82, 2.24) is 5.32 Å². The molecule has 3 nitrogen and oxygen atoms in total. The molecular formula is C17H26N2O. The highest BCUT2D eigenvalue weighted by Gasteiger charge is 2.29. The van der Waals surface area contributed by atoms with E-state index in [1.165, 1.54) is 31.2 Å². The van der Waals surface area contributed by atoms with E-state index in [4.69, 9.17) is 5.73 Å². The number of carbonyl (C=O) groups excluding carboxylic acids is 1. The molecular weight excluding hydrogens is 248 g/mol. The highest BCUT2D eigenvalue weighted by molar-refractivity contribution is 5.81. The Labute approximate surface area is 121 Å². The third-order valence-corrected chi connectivity index (χ3v) is 4.42. The monoisotopic (exact) mass is 274 g/mol. The molecule has 110 valence electrons. The fraction of sp³-hybridized carbons (Fsp3) is 0.588. The molecule has 0 aliphatic heterocycles. The summed E-state index contributed by atoms with van der Waals surface area (Å²) in [6.07, 6.45) is 6.55. The minimum atomic E-state index is -0.403. The average molecular weight is 274 g/mol. The van der Waals surface area contributed by atoms with Crippen LogP contribution in [0.3, 0.4) is 0 Å². The molecule has 3 heteroatoms. The molecule has 0 heterocycles. The van der Waals surface area contributed by atoms with E-state index in [1.807, 2.05) is 18.2 Å². The van der Waals surface area contributed by atoms with Crippen molar-refractivity contribution in [2.45, 2.75) is 51.5 Å². The Bertz CT molecular complexity index is 424. The van der Waals surface area contributed by atoms with Crippen molar-refractivity contribution in [1.29, 1.82) is 0 Å². The van der Waals surface area contributed by atoms with Crippen molar-refractivity contribution in [2.75, 3.05) is 6.54 Å². The summed E-state index contributed by atoms with van der Waals surface area (Å²) in [6, 6.07) is 9.77. The maximum absolute atomic E-state index is 12.0. The predicted molar refractivity (Wildman–Crippen MR) is 82.3 cm³/mol. The predicted octanol–water partition coefficient (Wildman–Crippen LogP) is 2.64. The van der Waals surface area contributed by atoms with Gasteiger partial charge in [-0.15, -0.1) is 0 Å². The first-order chi connectivity index (χ1) is 9.59. The van der Waals surface area contributed by atoms with Gasteiger partial charge < -0.3 is 11.1 Å². The highest BCUT2D eigenvalue weighted by atomic mass is 16.2. The third-order valence-electron chi connectivity index (χ3n) is 4.42. The number of benzene rings is 1. The fourth-order valence-electron chi connectivity index (χ4n) is 2.93. The average Bonchev–Trinajstić information content (AvgIpc) is 2.90. The van der Waals surface area contributed by atoms with E-state index < -0.39 is 6.04 Å². The van der Waals surface area contributed by atoms with Gasteiger partial charge in [0.15, 0.2) is 0 Å². The molecule has 1 aliphatic carbocycles. The van der Waals surface area contributed by atoms with Gasteiger partial charge in [-0.25, -0.2) is 0 Å². The van der Waals surface area contributed by atoms with Crippen LogP contribution in [0, 0.1) is 5.41 Å². The van der Waals surface area contributed by atoms with E-state index in [2.05, 4.69) is 24.4 Å². The molecule has 1 aromatic carbocycles. The summed E-state index contributed by atoms with van der Waals surface area (Å²) in [5.74, 6) is -0.00550. The molecule has 3 N–H and O–H groups in total. The Morgan fingerprint density at radius 1 is 1.30 bits per heavy atom. The maximum Gasteiger partial charge on any atom is 0.236 e. The van der Waals surface area contributed by atoms with Crippen molar-refractivity contribution in [3.05, 3.63) is 35.9 Å². The Morgan fingerprint density at radius 3 is 2.60 bits per heavy atom. The topological polar surface area (TPSA) is 55.1 Å². The lowest BCUT2D eigenvalue weighted by molar-refractivity contribution is -0.122. The number of hydrogen-bond acceptors (Lipinski definition) is 2. The van der Waals surface area contributed by atoms with Gasteiger partial charge in [0.25, 0.3) is 0 Å². The molecule has 1 saturated carbocycles. The number of hydrogen-bond donors (Lipinski definition) is 2. The lowest BCUT2D eigenvalue weighted by atomic mass is 9.89. The summed E-state index contributed by atoms with van der Waals surface area (Å²) >= 11 is 0. The molecule has 20 heavy (non-hydrogen) atoms. The Kier molecular flexibility index (Phi) is 5.18. The molecule has 1 unspecified atom stereocenters. The second-order valence-corrected chi connectivity index (χ2v) is 6.37. The zero-order valence-electron chi connectivity index (χ0n) is 12.4.